The van der Waals surface area contributed by atoms with Crippen LogP contribution in [0.4, 0.5) is 0 Å². The summed E-state index contributed by atoms with van der Waals surface area (Å²) in [5.41, 5.74) is 2.28. The molecular formula is C13H12N6. The Hall–Kier alpha value is -2.81. The van der Waals surface area contributed by atoms with Gasteiger partial charge in [0.1, 0.15) is 17.5 Å². The molecular weight excluding hydrogens is 240 g/mol. The number of pyridine rings is 1. The highest BCUT2D eigenvalue weighted by Gasteiger charge is 2.17. The van der Waals surface area contributed by atoms with Gasteiger partial charge in [0.25, 0.3) is 0 Å². The summed E-state index contributed by atoms with van der Waals surface area (Å²) in [7, 11) is 1.84. The molecule has 0 bridgehead atoms. The number of imidazole rings is 1. The summed E-state index contributed by atoms with van der Waals surface area (Å²) in [6, 6.07) is 5.70. The first-order chi connectivity index (χ1) is 9.31. The van der Waals surface area contributed by atoms with E-state index in [1.807, 2.05) is 23.6 Å². The maximum Gasteiger partial charge on any atom is 0.162 e. The van der Waals surface area contributed by atoms with E-state index in [2.05, 4.69) is 26.7 Å². The van der Waals surface area contributed by atoms with E-state index >= 15 is 0 Å². The Morgan fingerprint density at radius 2 is 2.37 bits per heavy atom. The van der Waals surface area contributed by atoms with Gasteiger partial charge in [-0.15, -0.1) is 0 Å². The second-order valence-corrected chi connectivity index (χ2v) is 4.12. The van der Waals surface area contributed by atoms with E-state index in [-0.39, 0.29) is 6.17 Å². The number of hydrogen-bond donors (Lipinski definition) is 2. The van der Waals surface area contributed by atoms with Crippen molar-refractivity contribution in [1.82, 2.24) is 20.0 Å². The average Bonchev–Trinajstić information content (AvgIpc) is 2.90. The minimum Gasteiger partial charge on any atom is -0.375 e. The molecule has 0 aromatic carbocycles. The smallest absolute Gasteiger partial charge is 0.162 e. The Kier molecular flexibility index (Phi) is 2.65. The van der Waals surface area contributed by atoms with Gasteiger partial charge < -0.3 is 10.6 Å². The van der Waals surface area contributed by atoms with Crippen LogP contribution >= 0.6 is 0 Å². The lowest BCUT2D eigenvalue weighted by Crippen LogP contribution is -2.30. The Bertz CT molecular complexity index is 718. The molecule has 0 amide bonds. The standard InChI is InChI=1S/C13H12N6/c1-15-11-4-5-16-13(18-11)10-7-17-12-3-2-9(6-14)8-19(10)12/h2-5,7-8,13,15,18H,1H3. The summed E-state index contributed by atoms with van der Waals surface area (Å²) < 4.78 is 1.88. The van der Waals surface area contributed by atoms with Crippen molar-refractivity contribution in [2.45, 2.75) is 6.17 Å². The summed E-state index contributed by atoms with van der Waals surface area (Å²) in [4.78, 5) is 8.70. The van der Waals surface area contributed by atoms with Crippen LogP contribution in [-0.4, -0.2) is 22.6 Å². The van der Waals surface area contributed by atoms with Gasteiger partial charge in [0.15, 0.2) is 6.17 Å². The van der Waals surface area contributed by atoms with Crippen LogP contribution in [0, 0.1) is 11.3 Å². The Labute approximate surface area is 110 Å². The molecule has 2 aromatic rings. The molecule has 6 heteroatoms. The number of nitriles is 1. The minimum atomic E-state index is -0.212. The van der Waals surface area contributed by atoms with E-state index in [0.29, 0.717) is 5.56 Å². The number of rotatable bonds is 2. The van der Waals surface area contributed by atoms with Crippen LogP contribution in [0.15, 0.2) is 41.4 Å². The Balaban J connectivity index is 2.04. The highest BCUT2D eigenvalue weighted by Crippen LogP contribution is 2.19. The maximum atomic E-state index is 8.97. The van der Waals surface area contributed by atoms with Gasteiger partial charge in [-0.1, -0.05) is 0 Å². The average molecular weight is 252 g/mol. The molecule has 0 aliphatic carbocycles. The molecule has 2 N–H and O–H groups in total. The lowest BCUT2D eigenvalue weighted by atomic mass is 10.3. The summed E-state index contributed by atoms with van der Waals surface area (Å²) in [6.45, 7) is 0. The molecule has 0 fully saturated rings. The summed E-state index contributed by atoms with van der Waals surface area (Å²) in [5, 5.41) is 15.3. The molecule has 0 spiro atoms. The van der Waals surface area contributed by atoms with Gasteiger partial charge in [-0.3, -0.25) is 9.39 Å². The maximum absolute atomic E-state index is 8.97. The zero-order valence-electron chi connectivity index (χ0n) is 10.3. The van der Waals surface area contributed by atoms with Gasteiger partial charge >= 0.3 is 0 Å². The predicted molar refractivity (Wildman–Crippen MR) is 71.4 cm³/mol. The molecule has 19 heavy (non-hydrogen) atoms. The SMILES string of the molecule is CNC1=CC=NC(c2cnc3ccc(C#N)cn23)N1. The molecule has 3 rings (SSSR count). The Morgan fingerprint density at radius 1 is 1.47 bits per heavy atom. The third-order valence-electron chi connectivity index (χ3n) is 2.98. The van der Waals surface area contributed by atoms with Gasteiger partial charge in [0, 0.05) is 19.5 Å². The predicted octanol–water partition coefficient (Wildman–Crippen LogP) is 0.939. The van der Waals surface area contributed by atoms with E-state index in [1.165, 1.54) is 0 Å². The fourth-order valence-corrected chi connectivity index (χ4v) is 2.01. The molecule has 2 aromatic heterocycles. The molecule has 1 aliphatic rings. The molecule has 1 atom stereocenters. The number of aliphatic imine (C=N–C) groups is 1. The molecule has 6 nitrogen and oxygen atoms in total. The van der Waals surface area contributed by atoms with Crippen molar-refractivity contribution >= 4 is 11.9 Å². The molecule has 0 saturated heterocycles. The van der Waals surface area contributed by atoms with Crippen LogP contribution in [0.3, 0.4) is 0 Å². The lowest BCUT2D eigenvalue weighted by molar-refractivity contribution is 0.574. The van der Waals surface area contributed by atoms with Crippen molar-refractivity contribution in [2.24, 2.45) is 4.99 Å². The first-order valence-corrected chi connectivity index (χ1v) is 5.86. The van der Waals surface area contributed by atoms with Crippen LogP contribution in [0.5, 0.6) is 0 Å². The van der Waals surface area contributed by atoms with Crippen molar-refractivity contribution in [3.63, 3.8) is 0 Å². The molecule has 0 saturated carbocycles. The second kappa shape index (κ2) is 4.46. The van der Waals surface area contributed by atoms with E-state index in [4.69, 9.17) is 5.26 Å². The first-order valence-electron chi connectivity index (χ1n) is 5.86. The number of fused-ring (bicyclic) bond motifs is 1. The van der Waals surface area contributed by atoms with Crippen LogP contribution in [0.2, 0.25) is 0 Å². The highest BCUT2D eigenvalue weighted by molar-refractivity contribution is 5.73. The van der Waals surface area contributed by atoms with Crippen molar-refractivity contribution in [1.29, 1.82) is 5.26 Å². The van der Waals surface area contributed by atoms with Gasteiger partial charge in [-0.2, -0.15) is 5.26 Å². The molecule has 94 valence electrons. The van der Waals surface area contributed by atoms with Gasteiger partial charge in [0.05, 0.1) is 17.5 Å². The van der Waals surface area contributed by atoms with E-state index < -0.39 is 0 Å². The van der Waals surface area contributed by atoms with Gasteiger partial charge in [-0.05, 0) is 18.2 Å². The number of nitrogens with one attached hydrogen (secondary N) is 2. The van der Waals surface area contributed by atoms with Crippen molar-refractivity contribution < 1.29 is 0 Å². The largest absolute Gasteiger partial charge is 0.375 e. The molecule has 3 heterocycles. The first kappa shape index (κ1) is 11.3. The normalized spacial score (nSPS) is 17.7. The van der Waals surface area contributed by atoms with Crippen molar-refractivity contribution in [3.05, 3.63) is 47.7 Å². The van der Waals surface area contributed by atoms with E-state index in [1.54, 1.807) is 24.7 Å². The zero-order chi connectivity index (χ0) is 13.2. The van der Waals surface area contributed by atoms with Crippen LogP contribution in [0.25, 0.3) is 5.65 Å². The topological polar surface area (TPSA) is 77.5 Å². The van der Waals surface area contributed by atoms with Crippen LogP contribution < -0.4 is 10.6 Å². The second-order valence-electron chi connectivity index (χ2n) is 4.12. The summed E-state index contributed by atoms with van der Waals surface area (Å²) in [5.74, 6) is 0.895. The fourth-order valence-electron chi connectivity index (χ4n) is 2.01. The zero-order valence-corrected chi connectivity index (χ0v) is 10.3. The van der Waals surface area contributed by atoms with Crippen LogP contribution in [-0.2, 0) is 0 Å². The summed E-state index contributed by atoms with van der Waals surface area (Å²) in [6.07, 6.45) is 6.94. The number of hydrogen-bond acceptors (Lipinski definition) is 5. The van der Waals surface area contributed by atoms with Gasteiger partial charge in [-0.25, -0.2) is 4.98 Å². The minimum absolute atomic E-state index is 0.212. The van der Waals surface area contributed by atoms with E-state index in [9.17, 15) is 0 Å². The number of nitrogens with zero attached hydrogens (tertiary/aromatic N) is 4. The third kappa shape index (κ3) is 1.91. The fraction of sp³-hybridized carbons (Fsp3) is 0.154. The van der Waals surface area contributed by atoms with Crippen LogP contribution in [0.1, 0.15) is 17.4 Å². The quantitative estimate of drug-likeness (QED) is 0.833. The molecule has 1 aliphatic heterocycles. The monoisotopic (exact) mass is 252 g/mol. The number of allylic oxidation sites excluding steroid dienone is 1. The van der Waals surface area contributed by atoms with E-state index in [0.717, 1.165) is 17.2 Å². The summed E-state index contributed by atoms with van der Waals surface area (Å²) >= 11 is 0. The van der Waals surface area contributed by atoms with Gasteiger partial charge in [0.2, 0.25) is 0 Å². The molecule has 0 radical (unpaired) electrons. The Morgan fingerprint density at radius 3 is 3.16 bits per heavy atom. The number of aromatic nitrogens is 2. The third-order valence-corrected chi connectivity index (χ3v) is 2.98. The molecule has 1 unspecified atom stereocenters. The van der Waals surface area contributed by atoms with Crippen molar-refractivity contribution in [3.8, 4) is 6.07 Å². The van der Waals surface area contributed by atoms with Crippen molar-refractivity contribution in [2.75, 3.05) is 7.05 Å². The lowest BCUT2D eigenvalue weighted by Gasteiger charge is -2.20. The highest BCUT2D eigenvalue weighted by atomic mass is 15.2.